The highest BCUT2D eigenvalue weighted by atomic mass is 79.9. The number of rotatable bonds is 0. The van der Waals surface area contributed by atoms with Crippen molar-refractivity contribution in [2.24, 2.45) is 0 Å². The van der Waals surface area contributed by atoms with Crippen LogP contribution in [-0.2, 0) is 3.79 Å². The van der Waals surface area contributed by atoms with Crippen molar-refractivity contribution in [3.63, 3.8) is 0 Å². The number of aromatic amines is 1. The number of aromatic nitrogens is 2. The molecule has 0 aliphatic carbocycles. The van der Waals surface area contributed by atoms with Gasteiger partial charge in [0.05, 0.1) is 4.47 Å². The minimum Gasteiger partial charge on any atom is -0.343 e. The van der Waals surface area contributed by atoms with E-state index in [0.29, 0.717) is 9.11 Å². The second kappa shape index (κ2) is 4.03. The summed E-state index contributed by atoms with van der Waals surface area (Å²) in [7, 11) is 0. The molecule has 1 rings (SSSR count). The van der Waals surface area contributed by atoms with E-state index in [4.69, 9.17) is 47.0 Å². The summed E-state index contributed by atoms with van der Waals surface area (Å²) in [6, 6.07) is 0. The van der Waals surface area contributed by atoms with Crippen molar-refractivity contribution in [2.75, 3.05) is 0 Å². The average molecular weight is 322 g/mol. The van der Waals surface area contributed by atoms with Gasteiger partial charge in [-0.15, -0.1) is 0 Å². The Balaban J connectivity index is 3.38. The molecular weight excluding hydrogens is 318 g/mol. The number of H-pyrrole nitrogens is 1. The molecule has 0 amide bonds. The summed E-state index contributed by atoms with van der Waals surface area (Å²) < 4.78 is -0.489. The lowest BCUT2D eigenvalue weighted by molar-refractivity contribution is 0.925. The van der Waals surface area contributed by atoms with Gasteiger partial charge in [-0.1, -0.05) is 47.0 Å². The SMILES string of the molecule is Cc1[nH]c(C(Cl)(Cl)Cl)nc(=S)c1Br. The number of alkyl halides is 3. The van der Waals surface area contributed by atoms with Crippen molar-refractivity contribution in [1.29, 1.82) is 0 Å². The standard InChI is InChI=1S/C6H4BrCl3N2S/c1-2-3(7)4(13)12-5(11-2)6(8,9)10/h1H3,(H,11,12,13). The molecule has 13 heavy (non-hydrogen) atoms. The van der Waals surface area contributed by atoms with Gasteiger partial charge in [0.1, 0.15) is 4.64 Å². The molecule has 0 bridgehead atoms. The van der Waals surface area contributed by atoms with Crippen LogP contribution in [0.1, 0.15) is 11.5 Å². The van der Waals surface area contributed by atoms with Gasteiger partial charge in [-0.3, -0.25) is 0 Å². The van der Waals surface area contributed by atoms with Crippen LogP contribution in [-0.4, -0.2) is 9.97 Å². The zero-order valence-electron chi connectivity index (χ0n) is 6.37. The fourth-order valence-electron chi connectivity index (χ4n) is 0.706. The molecule has 1 aromatic rings. The highest BCUT2D eigenvalue weighted by Crippen LogP contribution is 2.36. The van der Waals surface area contributed by atoms with Crippen LogP contribution >= 0.6 is 63.0 Å². The first-order chi connectivity index (χ1) is 5.82. The molecular formula is C6H4BrCl3N2S. The van der Waals surface area contributed by atoms with Crippen LogP contribution in [0.5, 0.6) is 0 Å². The van der Waals surface area contributed by atoms with Gasteiger partial charge in [-0.05, 0) is 22.9 Å². The molecule has 1 aromatic heterocycles. The lowest BCUT2D eigenvalue weighted by Crippen LogP contribution is -2.08. The first kappa shape index (κ1) is 11.7. The van der Waals surface area contributed by atoms with Gasteiger partial charge in [-0.25, -0.2) is 4.98 Å². The fraction of sp³-hybridized carbons (Fsp3) is 0.333. The molecule has 0 radical (unpaired) electrons. The van der Waals surface area contributed by atoms with Crippen molar-refractivity contribution < 1.29 is 0 Å². The van der Waals surface area contributed by atoms with Gasteiger partial charge in [-0.2, -0.15) is 0 Å². The smallest absolute Gasteiger partial charge is 0.248 e. The third-order valence-corrected chi connectivity index (χ3v) is 3.37. The van der Waals surface area contributed by atoms with Gasteiger partial charge >= 0.3 is 0 Å². The van der Waals surface area contributed by atoms with Crippen molar-refractivity contribution >= 4 is 63.0 Å². The van der Waals surface area contributed by atoms with E-state index in [1.165, 1.54) is 0 Å². The zero-order valence-corrected chi connectivity index (χ0v) is 11.0. The van der Waals surface area contributed by atoms with E-state index in [0.717, 1.165) is 5.69 Å². The van der Waals surface area contributed by atoms with E-state index in [1.54, 1.807) is 0 Å². The van der Waals surface area contributed by atoms with E-state index in [-0.39, 0.29) is 5.82 Å². The maximum absolute atomic E-state index is 5.63. The van der Waals surface area contributed by atoms with E-state index in [1.807, 2.05) is 6.92 Å². The molecule has 0 aromatic carbocycles. The lowest BCUT2D eigenvalue weighted by atomic mass is 10.4. The van der Waals surface area contributed by atoms with E-state index in [2.05, 4.69) is 25.9 Å². The third kappa shape index (κ3) is 2.80. The Morgan fingerprint density at radius 1 is 1.46 bits per heavy atom. The number of halogens is 4. The Labute approximate surface area is 104 Å². The maximum Gasteiger partial charge on any atom is 0.248 e. The van der Waals surface area contributed by atoms with Crippen LogP contribution in [0.2, 0.25) is 0 Å². The molecule has 0 aliphatic rings. The molecule has 0 saturated heterocycles. The van der Waals surface area contributed by atoms with Gasteiger partial charge in [0.25, 0.3) is 0 Å². The van der Waals surface area contributed by atoms with Crippen molar-refractivity contribution in [3.8, 4) is 0 Å². The fourth-order valence-corrected chi connectivity index (χ4v) is 1.41. The Bertz CT molecular complexity index is 384. The summed E-state index contributed by atoms with van der Waals surface area (Å²) in [5, 5.41) is 0. The number of aryl methyl sites for hydroxylation is 1. The summed E-state index contributed by atoms with van der Waals surface area (Å²) in [4.78, 5) is 6.76. The summed E-state index contributed by atoms with van der Waals surface area (Å²) in [5.74, 6) is 0.225. The Hall–Kier alpha value is 0.650. The van der Waals surface area contributed by atoms with Gasteiger partial charge in [0.15, 0.2) is 5.82 Å². The molecule has 2 nitrogen and oxygen atoms in total. The van der Waals surface area contributed by atoms with Gasteiger partial charge in [0.2, 0.25) is 3.79 Å². The molecule has 0 unspecified atom stereocenters. The van der Waals surface area contributed by atoms with Crippen LogP contribution in [0.25, 0.3) is 0 Å². The number of hydrogen-bond donors (Lipinski definition) is 1. The van der Waals surface area contributed by atoms with Crippen LogP contribution in [0.4, 0.5) is 0 Å². The minimum atomic E-state index is -1.57. The first-order valence-electron chi connectivity index (χ1n) is 3.16. The second-order valence-electron chi connectivity index (χ2n) is 2.33. The normalized spacial score (nSPS) is 11.8. The predicted molar refractivity (Wildman–Crippen MR) is 61.1 cm³/mol. The molecule has 0 fully saturated rings. The molecule has 72 valence electrons. The summed E-state index contributed by atoms with van der Waals surface area (Å²) >= 11 is 25.1. The molecule has 0 spiro atoms. The van der Waals surface area contributed by atoms with Crippen LogP contribution in [0.3, 0.4) is 0 Å². The number of nitrogens with one attached hydrogen (secondary N) is 1. The predicted octanol–water partition coefficient (Wildman–Crippen LogP) is 4.04. The Morgan fingerprint density at radius 2 is 2.00 bits per heavy atom. The Kier molecular flexibility index (Phi) is 3.63. The lowest BCUT2D eigenvalue weighted by Gasteiger charge is -2.11. The van der Waals surface area contributed by atoms with Crippen LogP contribution in [0.15, 0.2) is 4.47 Å². The van der Waals surface area contributed by atoms with E-state index < -0.39 is 3.79 Å². The number of hydrogen-bond acceptors (Lipinski definition) is 2. The van der Waals surface area contributed by atoms with Crippen molar-refractivity contribution in [2.45, 2.75) is 10.7 Å². The van der Waals surface area contributed by atoms with Crippen LogP contribution < -0.4 is 0 Å². The monoisotopic (exact) mass is 320 g/mol. The molecule has 0 atom stereocenters. The largest absolute Gasteiger partial charge is 0.343 e. The topological polar surface area (TPSA) is 28.7 Å². The maximum atomic E-state index is 5.63. The molecule has 1 N–H and O–H groups in total. The average Bonchev–Trinajstić information content (AvgIpc) is 1.97. The molecule has 0 aliphatic heterocycles. The molecule has 0 saturated carbocycles. The minimum absolute atomic E-state index is 0.225. The Morgan fingerprint density at radius 3 is 2.38 bits per heavy atom. The zero-order chi connectivity index (χ0) is 10.2. The quantitative estimate of drug-likeness (QED) is 0.577. The van der Waals surface area contributed by atoms with E-state index >= 15 is 0 Å². The third-order valence-electron chi connectivity index (χ3n) is 1.30. The van der Waals surface area contributed by atoms with Gasteiger partial charge < -0.3 is 4.98 Å². The van der Waals surface area contributed by atoms with Crippen LogP contribution in [0, 0.1) is 11.6 Å². The highest BCUT2D eigenvalue weighted by molar-refractivity contribution is 9.10. The van der Waals surface area contributed by atoms with E-state index in [9.17, 15) is 0 Å². The second-order valence-corrected chi connectivity index (χ2v) is 5.79. The van der Waals surface area contributed by atoms with Gasteiger partial charge in [0, 0.05) is 5.69 Å². The summed E-state index contributed by atoms with van der Waals surface area (Å²) in [6.07, 6.45) is 0. The van der Waals surface area contributed by atoms with Crippen molar-refractivity contribution in [1.82, 2.24) is 9.97 Å². The summed E-state index contributed by atoms with van der Waals surface area (Å²) in [6.45, 7) is 1.81. The van der Waals surface area contributed by atoms with Crippen molar-refractivity contribution in [3.05, 3.63) is 20.6 Å². The molecule has 7 heteroatoms. The number of nitrogens with zero attached hydrogens (tertiary/aromatic N) is 1. The summed E-state index contributed by atoms with van der Waals surface area (Å²) in [5.41, 5.74) is 0.779. The first-order valence-corrected chi connectivity index (χ1v) is 5.49. The molecule has 1 heterocycles. The highest BCUT2D eigenvalue weighted by Gasteiger charge is 2.26.